The number of Topliss-reactive ketones (excluding diaryl/α,β-unsaturated/α-hetero) is 1. The number of alkyl halides is 1. The standard InChI is InChI=1S/C22H43IN2O5/c1-5-6-10-19(11-9-12-20(24-3)18(2)26)25-22(27)13-7-8-14-29-17-21(23)30-16-15-28-4/h19-21,24H,5-17H2,1-4H3,(H,25,27)/t19-,20?,21-/m1/s1. The van der Waals surface area contributed by atoms with Gasteiger partial charge in [-0.05, 0) is 75.1 Å². The predicted molar refractivity (Wildman–Crippen MR) is 129 cm³/mol. The summed E-state index contributed by atoms with van der Waals surface area (Å²) < 4.78 is 16.1. The molecule has 0 aromatic rings. The first kappa shape index (κ1) is 29.7. The van der Waals surface area contributed by atoms with E-state index in [0.717, 1.165) is 51.4 Å². The molecule has 30 heavy (non-hydrogen) atoms. The van der Waals surface area contributed by atoms with Crippen molar-refractivity contribution in [1.82, 2.24) is 10.6 Å². The molecular formula is C22H43IN2O5. The number of ether oxygens (including phenoxy) is 3. The maximum Gasteiger partial charge on any atom is 0.220 e. The van der Waals surface area contributed by atoms with Crippen LogP contribution in [0.2, 0.25) is 0 Å². The van der Waals surface area contributed by atoms with E-state index >= 15 is 0 Å². The van der Waals surface area contributed by atoms with Crippen molar-refractivity contribution in [3.05, 3.63) is 0 Å². The second-order valence-corrected chi connectivity index (χ2v) is 8.98. The van der Waals surface area contributed by atoms with Crippen LogP contribution in [0.5, 0.6) is 0 Å². The van der Waals surface area contributed by atoms with Crippen LogP contribution < -0.4 is 10.6 Å². The van der Waals surface area contributed by atoms with Crippen molar-refractivity contribution in [1.29, 1.82) is 0 Å². The van der Waals surface area contributed by atoms with Crippen molar-refractivity contribution in [3.8, 4) is 0 Å². The van der Waals surface area contributed by atoms with Gasteiger partial charge in [0.15, 0.2) is 0 Å². The molecule has 0 saturated heterocycles. The van der Waals surface area contributed by atoms with E-state index in [1.807, 2.05) is 7.05 Å². The summed E-state index contributed by atoms with van der Waals surface area (Å²) in [5, 5.41) is 6.25. The molecule has 0 aliphatic heterocycles. The molecule has 0 heterocycles. The first-order chi connectivity index (χ1) is 14.4. The lowest BCUT2D eigenvalue weighted by Gasteiger charge is -2.20. The van der Waals surface area contributed by atoms with Crippen LogP contribution in [-0.4, -0.2) is 68.5 Å². The van der Waals surface area contributed by atoms with Crippen LogP contribution in [0, 0.1) is 0 Å². The molecule has 7 nitrogen and oxygen atoms in total. The molecule has 2 N–H and O–H groups in total. The quantitative estimate of drug-likeness (QED) is 0.131. The molecule has 0 radical (unpaired) electrons. The van der Waals surface area contributed by atoms with Crippen molar-refractivity contribution in [2.45, 2.75) is 87.8 Å². The number of carbonyl (C=O) groups excluding carboxylic acids is 2. The molecule has 1 unspecified atom stereocenters. The molecule has 0 aliphatic rings. The number of likely N-dealkylation sites (N-methyl/N-ethyl adjacent to an activating group) is 1. The number of nitrogens with one attached hydrogen (secondary N) is 2. The smallest absolute Gasteiger partial charge is 0.220 e. The van der Waals surface area contributed by atoms with Gasteiger partial charge in [-0.15, -0.1) is 0 Å². The number of carbonyl (C=O) groups is 2. The second-order valence-electron chi connectivity index (χ2n) is 7.60. The highest BCUT2D eigenvalue weighted by Gasteiger charge is 2.15. The minimum absolute atomic E-state index is 0.0193. The molecule has 0 aliphatic carbocycles. The van der Waals surface area contributed by atoms with Crippen LogP contribution in [0.4, 0.5) is 0 Å². The largest absolute Gasteiger partial charge is 0.382 e. The van der Waals surface area contributed by atoms with Crippen LogP contribution in [0.1, 0.15) is 71.6 Å². The van der Waals surface area contributed by atoms with Gasteiger partial charge in [-0.3, -0.25) is 9.59 Å². The van der Waals surface area contributed by atoms with Crippen molar-refractivity contribution < 1.29 is 23.8 Å². The number of amides is 1. The van der Waals surface area contributed by atoms with E-state index in [0.29, 0.717) is 32.8 Å². The lowest BCUT2D eigenvalue weighted by atomic mass is 9.99. The predicted octanol–water partition coefficient (Wildman–Crippen LogP) is 3.62. The number of rotatable bonds is 21. The van der Waals surface area contributed by atoms with Gasteiger partial charge in [0.05, 0.1) is 25.9 Å². The van der Waals surface area contributed by atoms with Crippen LogP contribution in [0.25, 0.3) is 0 Å². The molecule has 0 bridgehead atoms. The number of methoxy groups -OCH3 is 1. The van der Waals surface area contributed by atoms with E-state index in [-0.39, 0.29) is 27.9 Å². The molecule has 178 valence electrons. The fraction of sp³-hybridized carbons (Fsp3) is 0.909. The summed E-state index contributed by atoms with van der Waals surface area (Å²) in [6.45, 7) is 6.11. The summed E-state index contributed by atoms with van der Waals surface area (Å²) in [5.74, 6) is 0.284. The lowest BCUT2D eigenvalue weighted by Crippen LogP contribution is -2.36. The Bertz CT molecular complexity index is 440. The third-order valence-corrected chi connectivity index (χ3v) is 5.65. The second kappa shape index (κ2) is 20.6. The fourth-order valence-electron chi connectivity index (χ4n) is 3.13. The van der Waals surface area contributed by atoms with Gasteiger partial charge in [0.25, 0.3) is 0 Å². The SMILES string of the molecule is CCCC[C@H](CCCC(NC)C(C)=O)NC(=O)CCCCOC[C@H](I)OCCOC. The average Bonchev–Trinajstić information content (AvgIpc) is 2.71. The van der Waals surface area contributed by atoms with Crippen LogP contribution in [-0.2, 0) is 23.8 Å². The number of ketones is 1. The van der Waals surface area contributed by atoms with Gasteiger partial charge in [-0.2, -0.15) is 0 Å². The molecule has 0 fully saturated rings. The van der Waals surface area contributed by atoms with Gasteiger partial charge in [0.1, 0.15) is 9.89 Å². The van der Waals surface area contributed by atoms with E-state index in [1.165, 1.54) is 0 Å². The maximum atomic E-state index is 12.3. The molecule has 1 amide bonds. The third-order valence-electron chi connectivity index (χ3n) is 4.93. The summed E-state index contributed by atoms with van der Waals surface area (Å²) in [6.07, 6.45) is 8.07. The average molecular weight is 542 g/mol. The summed E-state index contributed by atoms with van der Waals surface area (Å²) >= 11 is 2.21. The Labute approximate surface area is 196 Å². The van der Waals surface area contributed by atoms with Crippen molar-refractivity contribution >= 4 is 34.3 Å². The Balaban J connectivity index is 3.97. The van der Waals surface area contributed by atoms with Gasteiger partial charge in [-0.25, -0.2) is 0 Å². The summed E-state index contributed by atoms with van der Waals surface area (Å²) in [6, 6.07) is 0.113. The molecule has 8 heteroatoms. The third kappa shape index (κ3) is 17.4. The number of hydrogen-bond donors (Lipinski definition) is 2. The molecule has 0 aromatic heterocycles. The van der Waals surface area contributed by atoms with Gasteiger partial charge in [-0.1, -0.05) is 19.8 Å². The Morgan fingerprint density at radius 2 is 1.73 bits per heavy atom. The summed E-state index contributed by atoms with van der Waals surface area (Å²) in [4.78, 5) is 23.8. The van der Waals surface area contributed by atoms with Gasteiger partial charge in [0, 0.05) is 26.2 Å². The molecule has 0 aromatic carbocycles. The zero-order valence-corrected chi connectivity index (χ0v) is 21.5. The molecule has 3 atom stereocenters. The van der Waals surface area contributed by atoms with Crippen molar-refractivity contribution in [3.63, 3.8) is 0 Å². The van der Waals surface area contributed by atoms with Crippen LogP contribution >= 0.6 is 22.6 Å². The Kier molecular flexibility index (Phi) is 20.4. The lowest BCUT2D eigenvalue weighted by molar-refractivity contribution is -0.122. The molecule has 0 spiro atoms. The molecular weight excluding hydrogens is 499 g/mol. The van der Waals surface area contributed by atoms with Crippen molar-refractivity contribution in [2.75, 3.05) is 40.6 Å². The molecule has 0 rings (SSSR count). The van der Waals surface area contributed by atoms with E-state index in [9.17, 15) is 9.59 Å². The van der Waals surface area contributed by atoms with Crippen LogP contribution in [0.3, 0.4) is 0 Å². The number of halogens is 1. The van der Waals surface area contributed by atoms with E-state index in [2.05, 4.69) is 40.1 Å². The normalized spacial score (nSPS) is 14.3. The van der Waals surface area contributed by atoms with E-state index in [4.69, 9.17) is 14.2 Å². The highest BCUT2D eigenvalue weighted by Crippen LogP contribution is 2.12. The summed E-state index contributed by atoms with van der Waals surface area (Å²) in [7, 11) is 3.47. The van der Waals surface area contributed by atoms with Crippen molar-refractivity contribution in [2.24, 2.45) is 0 Å². The Hall–Kier alpha value is -0.290. The van der Waals surface area contributed by atoms with Crippen LogP contribution in [0.15, 0.2) is 0 Å². The topological polar surface area (TPSA) is 85.9 Å². The van der Waals surface area contributed by atoms with E-state index in [1.54, 1.807) is 14.0 Å². The Morgan fingerprint density at radius 3 is 2.37 bits per heavy atom. The zero-order valence-electron chi connectivity index (χ0n) is 19.3. The maximum absolute atomic E-state index is 12.3. The number of hydrogen-bond acceptors (Lipinski definition) is 6. The summed E-state index contributed by atoms with van der Waals surface area (Å²) in [5.41, 5.74) is 0. The highest BCUT2D eigenvalue weighted by atomic mass is 127. The van der Waals surface area contributed by atoms with Gasteiger partial charge < -0.3 is 24.8 Å². The number of unbranched alkanes of at least 4 members (excludes halogenated alkanes) is 2. The Morgan fingerprint density at radius 1 is 1.00 bits per heavy atom. The first-order valence-electron chi connectivity index (χ1n) is 11.2. The van der Waals surface area contributed by atoms with Gasteiger partial charge >= 0.3 is 0 Å². The minimum Gasteiger partial charge on any atom is -0.382 e. The zero-order chi connectivity index (χ0) is 22.6. The molecule has 0 saturated carbocycles. The monoisotopic (exact) mass is 542 g/mol. The fourth-order valence-corrected chi connectivity index (χ4v) is 3.64. The van der Waals surface area contributed by atoms with Gasteiger partial charge in [0.2, 0.25) is 5.91 Å². The minimum atomic E-state index is -0.0833. The van der Waals surface area contributed by atoms with E-state index < -0.39 is 0 Å². The highest BCUT2D eigenvalue weighted by molar-refractivity contribution is 14.1. The first-order valence-corrected chi connectivity index (χ1v) is 12.5.